The van der Waals surface area contributed by atoms with Crippen LogP contribution in [0.2, 0.25) is 0 Å². The minimum absolute atomic E-state index is 0.0486. The van der Waals surface area contributed by atoms with Crippen LogP contribution in [0.1, 0.15) is 27.7 Å². The number of hydrogen-bond donors (Lipinski definition) is 4. The number of thiazole rings is 1. The Hall–Kier alpha value is -2.47. The normalized spacial score (nSPS) is 34.1. The van der Waals surface area contributed by atoms with Gasteiger partial charge in [-0.25, -0.2) is 9.98 Å². The maximum absolute atomic E-state index is 13.5. The number of carbonyl (C=O) groups excluding carboxylic acids is 3. The first-order valence-electron chi connectivity index (χ1n) is 13.2. The summed E-state index contributed by atoms with van der Waals surface area (Å²) in [5.74, 6) is -1.05. The van der Waals surface area contributed by atoms with Crippen molar-refractivity contribution in [2.45, 2.75) is 78.9 Å². The molecule has 8 atom stereocenters. The Bertz CT molecular complexity index is 1440. The number of nitrogens with one attached hydrogen (secondary N) is 1. The third-order valence-electron chi connectivity index (χ3n) is 7.50. The molecule has 0 spiro atoms. The molecule has 13 nitrogen and oxygen atoms in total. The number of nitrogens with zero attached hydrogens (tertiary/aromatic N) is 5. The maximum Gasteiger partial charge on any atom is 0.233 e. The van der Waals surface area contributed by atoms with Crippen molar-refractivity contribution in [3.8, 4) is 0 Å². The molecule has 4 N–H and O–H groups in total. The fraction of sp³-hybridized carbons (Fsp3) is 0.538. The van der Waals surface area contributed by atoms with Crippen molar-refractivity contribution in [3.05, 3.63) is 24.3 Å². The van der Waals surface area contributed by atoms with E-state index in [1.807, 2.05) is 31.2 Å². The number of amides is 1. The van der Waals surface area contributed by atoms with Gasteiger partial charge in [-0.3, -0.25) is 24.3 Å². The molecule has 3 aliphatic heterocycles. The molecule has 4 heterocycles. The summed E-state index contributed by atoms with van der Waals surface area (Å²) in [6, 6.07) is 7.42. The van der Waals surface area contributed by atoms with Gasteiger partial charge in [-0.1, -0.05) is 23.9 Å². The van der Waals surface area contributed by atoms with E-state index in [9.17, 15) is 29.7 Å². The minimum atomic E-state index is -1.83. The standard InChI is InChI=1S/C26H31BrN6O7S2/c1-12(10-41-24-30-16-7-5-6-8-18(16)42-24)29-22-25(13(2)35)23(33(15(4)37)26(27,31-22)14(3)36)32(11-28-25)21-20(39)19(38)17(9-34)40-21/h5-8,11-12,17,19-21,23,34,38-39H,9-10H2,1-4H3,(H,29,31)/t12-,17-,19?,20?,21-,23?,25?,26?/m1/s1. The highest BCUT2D eigenvalue weighted by Crippen LogP contribution is 2.44. The van der Waals surface area contributed by atoms with Crippen LogP contribution in [-0.4, -0.2) is 119 Å². The number of para-hydroxylation sites is 1. The topological polar surface area (TPSA) is 177 Å². The van der Waals surface area contributed by atoms with Crippen LogP contribution in [0, 0.1) is 0 Å². The fourth-order valence-electron chi connectivity index (χ4n) is 5.40. The van der Waals surface area contributed by atoms with Gasteiger partial charge in [-0.15, -0.1) is 11.3 Å². The first kappa shape index (κ1) is 31.0. The Morgan fingerprint density at radius 2 is 1.93 bits per heavy atom. The zero-order valence-electron chi connectivity index (χ0n) is 23.2. The first-order valence-corrected chi connectivity index (χ1v) is 15.8. The van der Waals surface area contributed by atoms with Gasteiger partial charge in [0, 0.05) is 12.7 Å². The number of benzene rings is 1. The predicted molar refractivity (Wildman–Crippen MR) is 161 cm³/mol. The number of alkyl halides is 1. The molecule has 1 aromatic heterocycles. The van der Waals surface area contributed by atoms with Crippen molar-refractivity contribution in [2.75, 3.05) is 12.4 Å². The number of Topliss-reactive ketones (excluding diaryl/α,β-unsaturated/α-hetero) is 2. The largest absolute Gasteiger partial charge is 0.394 e. The van der Waals surface area contributed by atoms with Gasteiger partial charge in [0.05, 0.1) is 29.2 Å². The number of aliphatic hydroxyl groups excluding tert-OH is 3. The summed E-state index contributed by atoms with van der Waals surface area (Å²) in [5, 5.41) is 33.9. The van der Waals surface area contributed by atoms with Crippen LogP contribution in [0.4, 0.5) is 0 Å². The average Bonchev–Trinajstić information content (AvgIpc) is 3.61. The van der Waals surface area contributed by atoms with E-state index < -0.39 is 70.9 Å². The molecule has 0 bridgehead atoms. The van der Waals surface area contributed by atoms with Gasteiger partial charge in [0.1, 0.15) is 24.1 Å². The number of hydrogen-bond acceptors (Lipinski definition) is 13. The molecule has 1 aromatic carbocycles. The molecule has 5 unspecified atom stereocenters. The number of aliphatic hydroxyl groups is 3. The molecular weight excluding hydrogens is 652 g/mol. The summed E-state index contributed by atoms with van der Waals surface area (Å²) in [6.45, 7) is 5.08. The van der Waals surface area contributed by atoms with Gasteiger partial charge in [0.25, 0.3) is 0 Å². The second-order valence-corrected chi connectivity index (χ2v) is 13.8. The monoisotopic (exact) mass is 682 g/mol. The molecule has 226 valence electrons. The van der Waals surface area contributed by atoms with E-state index in [4.69, 9.17) is 9.73 Å². The van der Waals surface area contributed by atoms with E-state index in [-0.39, 0.29) is 5.84 Å². The molecule has 42 heavy (non-hydrogen) atoms. The molecule has 0 saturated carbocycles. The number of ketones is 2. The number of aliphatic imine (C=N–C) groups is 2. The molecule has 2 saturated heterocycles. The molecule has 1 amide bonds. The van der Waals surface area contributed by atoms with E-state index in [0.29, 0.717) is 5.75 Å². The number of fused-ring (bicyclic) bond motifs is 2. The highest BCUT2D eigenvalue weighted by molar-refractivity contribution is 9.10. The molecule has 0 aliphatic carbocycles. The zero-order chi connectivity index (χ0) is 30.6. The number of rotatable bonds is 8. The molecule has 2 fully saturated rings. The molecule has 16 heteroatoms. The van der Waals surface area contributed by atoms with Crippen LogP contribution in [0.5, 0.6) is 0 Å². The lowest BCUT2D eigenvalue weighted by Crippen LogP contribution is -2.81. The van der Waals surface area contributed by atoms with Gasteiger partial charge in [0.2, 0.25) is 16.0 Å². The van der Waals surface area contributed by atoms with Crippen LogP contribution in [0.25, 0.3) is 10.2 Å². The summed E-state index contributed by atoms with van der Waals surface area (Å²) in [7, 11) is 0. The smallest absolute Gasteiger partial charge is 0.233 e. The van der Waals surface area contributed by atoms with Gasteiger partial charge in [-0.05, 0) is 48.8 Å². The second-order valence-electron chi connectivity index (χ2n) is 10.4. The van der Waals surface area contributed by atoms with E-state index >= 15 is 0 Å². The number of ether oxygens (including phenoxy) is 1. The Kier molecular flexibility index (Phi) is 8.52. The van der Waals surface area contributed by atoms with E-state index in [0.717, 1.165) is 19.5 Å². The molecule has 5 rings (SSSR count). The minimum Gasteiger partial charge on any atom is -0.394 e. The van der Waals surface area contributed by atoms with Crippen molar-refractivity contribution >= 4 is 78.9 Å². The van der Waals surface area contributed by atoms with Crippen molar-refractivity contribution in [1.29, 1.82) is 0 Å². The molecule has 3 aliphatic rings. The molecule has 0 radical (unpaired) electrons. The van der Waals surface area contributed by atoms with Crippen LogP contribution in [0.3, 0.4) is 0 Å². The number of thioether (sulfide) groups is 1. The Labute approximate surface area is 258 Å². The number of aromatic nitrogens is 1. The van der Waals surface area contributed by atoms with E-state index in [1.54, 1.807) is 11.3 Å². The van der Waals surface area contributed by atoms with E-state index in [1.165, 1.54) is 43.8 Å². The third kappa shape index (κ3) is 4.96. The summed E-state index contributed by atoms with van der Waals surface area (Å²) >= 11 is 6.48. The van der Waals surface area contributed by atoms with Crippen LogP contribution in [-0.2, 0) is 19.1 Å². The summed E-state index contributed by atoms with van der Waals surface area (Å²) in [4.78, 5) is 56.3. The molecular formula is C26H31BrN6O7S2. The lowest BCUT2D eigenvalue weighted by Gasteiger charge is -2.54. The number of amidine groups is 1. The van der Waals surface area contributed by atoms with Crippen molar-refractivity contribution in [2.24, 2.45) is 9.98 Å². The zero-order valence-corrected chi connectivity index (χ0v) is 26.4. The fourth-order valence-corrected chi connectivity index (χ4v) is 8.06. The average molecular weight is 684 g/mol. The van der Waals surface area contributed by atoms with Gasteiger partial charge >= 0.3 is 0 Å². The number of halogens is 1. The van der Waals surface area contributed by atoms with Gasteiger partial charge < -0.3 is 30.3 Å². The van der Waals surface area contributed by atoms with Crippen LogP contribution in [0.15, 0.2) is 38.6 Å². The van der Waals surface area contributed by atoms with Crippen molar-refractivity contribution in [1.82, 2.24) is 20.1 Å². The number of carbonyl (C=O) groups is 3. The van der Waals surface area contributed by atoms with Gasteiger partial charge in [0.15, 0.2) is 28.3 Å². The predicted octanol–water partition coefficient (Wildman–Crippen LogP) is 0.702. The Morgan fingerprint density at radius 3 is 2.52 bits per heavy atom. The SMILES string of the molecule is CC(=O)N1C2N([C@@H]3O[C@H](CO)C(O)C3O)C=NC2(C(C)=O)C(=N[C@H](C)CSc2nc3ccccc3s2)NC1(Br)C(C)=O. The lowest BCUT2D eigenvalue weighted by molar-refractivity contribution is -0.161. The quantitative estimate of drug-likeness (QED) is 0.175. The molecule has 2 aromatic rings. The Morgan fingerprint density at radius 1 is 1.21 bits per heavy atom. The summed E-state index contributed by atoms with van der Waals surface area (Å²) in [5.41, 5.74) is -0.921. The van der Waals surface area contributed by atoms with Crippen molar-refractivity contribution < 1.29 is 34.4 Å². The summed E-state index contributed by atoms with van der Waals surface area (Å²) < 4.78 is 5.83. The van der Waals surface area contributed by atoms with Crippen molar-refractivity contribution in [3.63, 3.8) is 0 Å². The maximum atomic E-state index is 13.5. The lowest BCUT2D eigenvalue weighted by atomic mass is 9.85. The summed E-state index contributed by atoms with van der Waals surface area (Å²) in [6.07, 6.45) is -5.45. The Balaban J connectivity index is 1.54. The van der Waals surface area contributed by atoms with E-state index in [2.05, 4.69) is 31.2 Å². The van der Waals surface area contributed by atoms with Gasteiger partial charge in [-0.2, -0.15) is 0 Å². The highest BCUT2D eigenvalue weighted by Gasteiger charge is 2.68. The third-order valence-corrected chi connectivity index (χ3v) is 11.1. The van der Waals surface area contributed by atoms with Crippen LogP contribution >= 0.6 is 39.0 Å². The van der Waals surface area contributed by atoms with Crippen LogP contribution < -0.4 is 5.32 Å². The second kappa shape index (κ2) is 11.6. The first-order chi connectivity index (χ1) is 19.8. The highest BCUT2D eigenvalue weighted by atomic mass is 79.9.